The normalized spacial score (nSPS) is 14.5. The van der Waals surface area contributed by atoms with Crippen LogP contribution < -0.4 is 16.0 Å². The predicted octanol–water partition coefficient (Wildman–Crippen LogP) is 2.13. The first kappa shape index (κ1) is 27.7. The molecule has 0 heterocycles. The van der Waals surface area contributed by atoms with Gasteiger partial charge in [-0.2, -0.15) is 0 Å². The van der Waals surface area contributed by atoms with Gasteiger partial charge in [0.05, 0.1) is 7.11 Å². The molecule has 0 aliphatic carbocycles. The van der Waals surface area contributed by atoms with Gasteiger partial charge in [-0.25, -0.2) is 9.59 Å². The van der Waals surface area contributed by atoms with Crippen LogP contribution in [-0.4, -0.2) is 54.7 Å². The largest absolute Gasteiger partial charge is 0.467 e. The summed E-state index contributed by atoms with van der Waals surface area (Å²) in [4.78, 5) is 49.2. The van der Waals surface area contributed by atoms with Crippen LogP contribution in [0.4, 0.5) is 4.79 Å². The average Bonchev–Trinajstić information content (AvgIpc) is 2.56. The Morgan fingerprint density at radius 2 is 1.23 bits per heavy atom. The molecule has 9 nitrogen and oxygen atoms in total. The Hall–Kier alpha value is -2.32. The van der Waals surface area contributed by atoms with E-state index in [0.29, 0.717) is 12.8 Å². The number of carbonyl (C=O) groups excluding carboxylic acids is 4. The van der Waals surface area contributed by atoms with E-state index >= 15 is 0 Å². The minimum atomic E-state index is -0.908. The van der Waals surface area contributed by atoms with Crippen LogP contribution in [0.25, 0.3) is 0 Å². The van der Waals surface area contributed by atoms with Crippen molar-refractivity contribution < 1.29 is 28.7 Å². The van der Waals surface area contributed by atoms with Crippen molar-refractivity contribution >= 4 is 23.9 Å². The van der Waals surface area contributed by atoms with E-state index in [1.54, 1.807) is 20.8 Å². The van der Waals surface area contributed by atoms with Gasteiger partial charge >= 0.3 is 12.1 Å². The van der Waals surface area contributed by atoms with Crippen LogP contribution in [0.1, 0.15) is 68.2 Å². The quantitative estimate of drug-likeness (QED) is 0.457. The third-order valence-corrected chi connectivity index (χ3v) is 3.98. The highest BCUT2D eigenvalue weighted by Crippen LogP contribution is 2.10. The number of amides is 3. The van der Waals surface area contributed by atoms with E-state index < -0.39 is 47.6 Å². The van der Waals surface area contributed by atoms with Crippen LogP contribution in [-0.2, 0) is 23.9 Å². The van der Waals surface area contributed by atoms with E-state index in [9.17, 15) is 19.2 Å². The molecule has 0 aliphatic rings. The van der Waals surface area contributed by atoms with E-state index in [1.165, 1.54) is 14.0 Å². The summed E-state index contributed by atoms with van der Waals surface area (Å²) in [7, 11) is 1.26. The number of carbonyl (C=O) groups is 4. The second-order valence-corrected chi connectivity index (χ2v) is 9.27. The van der Waals surface area contributed by atoms with Crippen LogP contribution >= 0.6 is 0 Å². The maximum absolute atomic E-state index is 12.8. The Morgan fingerprint density at radius 3 is 1.67 bits per heavy atom. The number of methoxy groups -OCH3 is 1. The lowest BCUT2D eigenvalue weighted by molar-refractivity contribution is -0.146. The molecule has 0 bridgehead atoms. The number of rotatable bonds is 10. The first-order chi connectivity index (χ1) is 13.7. The molecule has 174 valence electrons. The number of ether oxygens (including phenoxy) is 2. The van der Waals surface area contributed by atoms with Gasteiger partial charge in [0.1, 0.15) is 23.7 Å². The summed E-state index contributed by atoms with van der Waals surface area (Å²) in [6.45, 7) is 14.3. The third kappa shape index (κ3) is 11.6. The summed E-state index contributed by atoms with van der Waals surface area (Å²) in [5.74, 6) is -1.27. The molecule has 0 aromatic rings. The van der Waals surface area contributed by atoms with Gasteiger partial charge in [-0.1, -0.05) is 27.7 Å². The van der Waals surface area contributed by atoms with Gasteiger partial charge in [-0.3, -0.25) is 9.59 Å². The topological polar surface area (TPSA) is 123 Å². The zero-order chi connectivity index (χ0) is 23.6. The fourth-order valence-electron chi connectivity index (χ4n) is 2.65. The van der Waals surface area contributed by atoms with Gasteiger partial charge in [-0.15, -0.1) is 0 Å². The van der Waals surface area contributed by atoms with Crippen molar-refractivity contribution in [3.05, 3.63) is 0 Å². The Kier molecular flexibility index (Phi) is 11.4. The maximum Gasteiger partial charge on any atom is 0.408 e. The standard InChI is InChI=1S/C21H39N3O6/c1-12(2)10-15(18(26)24-16(11-13(3)4)19(27)29-9)23-17(25)14(5)22-20(28)30-21(6,7)8/h12-16H,10-11H2,1-9H3,(H,22,28)(H,23,25)(H,24,26)/t14-,15-,16-/m0/s1. The maximum atomic E-state index is 12.8. The summed E-state index contributed by atoms with van der Waals surface area (Å²) < 4.78 is 9.92. The Bertz CT molecular complexity index is 598. The van der Waals surface area contributed by atoms with Crippen molar-refractivity contribution in [2.45, 2.75) is 92.0 Å². The van der Waals surface area contributed by atoms with E-state index in [4.69, 9.17) is 9.47 Å². The van der Waals surface area contributed by atoms with Gasteiger partial charge in [0.2, 0.25) is 11.8 Å². The molecule has 3 amide bonds. The molecular formula is C21H39N3O6. The Morgan fingerprint density at radius 1 is 0.767 bits per heavy atom. The molecule has 0 radical (unpaired) electrons. The van der Waals surface area contributed by atoms with Gasteiger partial charge in [0, 0.05) is 0 Å². The first-order valence-electron chi connectivity index (χ1n) is 10.3. The summed E-state index contributed by atoms with van der Waals surface area (Å²) in [6.07, 6.45) is 0.0571. The second-order valence-electron chi connectivity index (χ2n) is 9.27. The minimum absolute atomic E-state index is 0.108. The highest BCUT2D eigenvalue weighted by atomic mass is 16.6. The van der Waals surface area contributed by atoms with Crippen molar-refractivity contribution in [1.82, 2.24) is 16.0 Å². The molecule has 9 heteroatoms. The smallest absolute Gasteiger partial charge is 0.408 e. The zero-order valence-electron chi connectivity index (χ0n) is 19.8. The van der Waals surface area contributed by atoms with Crippen molar-refractivity contribution in [3.63, 3.8) is 0 Å². The number of esters is 1. The lowest BCUT2D eigenvalue weighted by atomic mass is 10.0. The van der Waals surface area contributed by atoms with Gasteiger partial charge in [-0.05, 0) is 52.4 Å². The van der Waals surface area contributed by atoms with E-state index in [1.807, 2.05) is 27.7 Å². The van der Waals surface area contributed by atoms with Gasteiger partial charge in [0.15, 0.2) is 0 Å². The highest BCUT2D eigenvalue weighted by Gasteiger charge is 2.30. The molecule has 0 rings (SSSR count). The van der Waals surface area contributed by atoms with Crippen LogP contribution in [0.5, 0.6) is 0 Å². The van der Waals surface area contributed by atoms with Gasteiger partial charge < -0.3 is 25.4 Å². The molecule has 30 heavy (non-hydrogen) atoms. The summed E-state index contributed by atoms with van der Waals surface area (Å²) >= 11 is 0. The molecule has 0 saturated heterocycles. The SMILES string of the molecule is COC(=O)[C@H](CC(C)C)NC(=O)[C@H](CC(C)C)NC(=O)[C@H](C)NC(=O)OC(C)(C)C. The summed E-state index contributed by atoms with van der Waals surface area (Å²) in [5, 5.41) is 7.79. The van der Waals surface area contributed by atoms with E-state index in [0.717, 1.165) is 0 Å². The summed E-state index contributed by atoms with van der Waals surface area (Å²) in [5.41, 5.74) is -0.695. The molecule has 0 spiro atoms. The Labute approximate surface area is 180 Å². The van der Waals surface area contributed by atoms with Crippen LogP contribution in [0.15, 0.2) is 0 Å². The van der Waals surface area contributed by atoms with Crippen molar-refractivity contribution in [3.8, 4) is 0 Å². The lowest BCUT2D eigenvalue weighted by Crippen LogP contribution is -2.56. The molecule has 0 aliphatic heterocycles. The molecule has 0 aromatic carbocycles. The van der Waals surface area contributed by atoms with Crippen LogP contribution in [0.2, 0.25) is 0 Å². The molecule has 3 N–H and O–H groups in total. The number of hydrogen-bond donors (Lipinski definition) is 3. The van der Waals surface area contributed by atoms with Crippen LogP contribution in [0.3, 0.4) is 0 Å². The molecule has 0 aromatic heterocycles. The number of alkyl carbamates (subject to hydrolysis) is 1. The minimum Gasteiger partial charge on any atom is -0.467 e. The van der Waals surface area contributed by atoms with Crippen LogP contribution in [0, 0.1) is 11.8 Å². The molecule has 0 saturated carbocycles. The average molecular weight is 430 g/mol. The number of nitrogens with one attached hydrogen (secondary N) is 3. The Balaban J connectivity index is 5.16. The molecule has 3 atom stereocenters. The first-order valence-corrected chi connectivity index (χ1v) is 10.3. The lowest BCUT2D eigenvalue weighted by Gasteiger charge is -2.26. The van der Waals surface area contributed by atoms with Crippen molar-refractivity contribution in [2.75, 3.05) is 7.11 Å². The fourth-order valence-corrected chi connectivity index (χ4v) is 2.65. The highest BCUT2D eigenvalue weighted by molar-refractivity contribution is 5.92. The zero-order valence-corrected chi connectivity index (χ0v) is 19.8. The predicted molar refractivity (Wildman–Crippen MR) is 114 cm³/mol. The van der Waals surface area contributed by atoms with E-state index in [2.05, 4.69) is 16.0 Å². The monoisotopic (exact) mass is 429 g/mol. The molecule has 0 fully saturated rings. The van der Waals surface area contributed by atoms with Crippen molar-refractivity contribution in [1.29, 1.82) is 0 Å². The molecular weight excluding hydrogens is 390 g/mol. The fraction of sp³-hybridized carbons (Fsp3) is 0.810. The van der Waals surface area contributed by atoms with E-state index in [-0.39, 0.29) is 11.8 Å². The molecule has 0 unspecified atom stereocenters. The second kappa shape index (κ2) is 12.4. The summed E-state index contributed by atoms with van der Waals surface area (Å²) in [6, 6.07) is -2.57. The number of hydrogen-bond acceptors (Lipinski definition) is 6. The van der Waals surface area contributed by atoms with Crippen molar-refractivity contribution in [2.24, 2.45) is 11.8 Å². The van der Waals surface area contributed by atoms with Gasteiger partial charge in [0.25, 0.3) is 0 Å². The third-order valence-electron chi connectivity index (χ3n) is 3.98.